The Morgan fingerprint density at radius 2 is 1.74 bits per heavy atom. The molecule has 0 bridgehead atoms. The van der Waals surface area contributed by atoms with Crippen molar-refractivity contribution in [1.29, 1.82) is 0 Å². The number of pyridine rings is 1. The first kappa shape index (κ1) is 12.2. The molecule has 96 valence electrons. The smallest absolute Gasteiger partial charge is 0.128 e. The van der Waals surface area contributed by atoms with E-state index in [2.05, 4.69) is 39.7 Å². The number of aryl methyl sites for hydroxylation is 2. The van der Waals surface area contributed by atoms with Gasteiger partial charge in [0.25, 0.3) is 0 Å². The van der Waals surface area contributed by atoms with Gasteiger partial charge in [-0.15, -0.1) is 11.6 Å². The van der Waals surface area contributed by atoms with E-state index in [-0.39, 0.29) is 0 Å². The van der Waals surface area contributed by atoms with E-state index < -0.39 is 0 Å². The van der Waals surface area contributed by atoms with E-state index >= 15 is 0 Å². The minimum atomic E-state index is 0.441. The van der Waals surface area contributed by atoms with Gasteiger partial charge in [0.2, 0.25) is 0 Å². The maximum atomic E-state index is 5.95. The van der Waals surface area contributed by atoms with Crippen molar-refractivity contribution in [2.75, 3.05) is 0 Å². The molecule has 2 nitrogen and oxygen atoms in total. The Labute approximate surface area is 117 Å². The molecule has 19 heavy (non-hydrogen) atoms. The summed E-state index contributed by atoms with van der Waals surface area (Å²) in [4.78, 5) is 4.65. The summed E-state index contributed by atoms with van der Waals surface area (Å²) in [5, 5.41) is 0. The average molecular weight is 271 g/mol. The SMILES string of the molecule is ClCc1nc(CCc2ccccc2)c2ccccn12. The van der Waals surface area contributed by atoms with Crippen LogP contribution in [0.2, 0.25) is 0 Å². The molecule has 0 atom stereocenters. The van der Waals surface area contributed by atoms with Gasteiger partial charge in [0.1, 0.15) is 5.82 Å². The fourth-order valence-corrected chi connectivity index (χ4v) is 2.54. The Bertz CT molecular complexity index is 674. The number of rotatable bonds is 4. The van der Waals surface area contributed by atoms with Crippen molar-refractivity contribution in [3.63, 3.8) is 0 Å². The standard InChI is InChI=1S/C16H15ClN2/c17-12-16-18-14(15-8-4-5-11-19(15)16)10-9-13-6-2-1-3-7-13/h1-8,11H,9-10,12H2. The molecule has 3 aromatic rings. The topological polar surface area (TPSA) is 17.3 Å². The number of imidazole rings is 1. The fraction of sp³-hybridized carbons (Fsp3) is 0.188. The van der Waals surface area contributed by atoms with E-state index in [4.69, 9.17) is 11.6 Å². The molecule has 0 aliphatic carbocycles. The van der Waals surface area contributed by atoms with Gasteiger partial charge in [0, 0.05) is 6.20 Å². The molecular weight excluding hydrogens is 256 g/mol. The van der Waals surface area contributed by atoms with Gasteiger partial charge in [-0.25, -0.2) is 4.98 Å². The second-order valence-electron chi connectivity index (χ2n) is 4.55. The fourth-order valence-electron chi connectivity index (χ4n) is 2.36. The summed E-state index contributed by atoms with van der Waals surface area (Å²) in [6.45, 7) is 0. The lowest BCUT2D eigenvalue weighted by molar-refractivity contribution is 0.921. The van der Waals surface area contributed by atoms with Crippen LogP contribution < -0.4 is 0 Å². The molecule has 0 amide bonds. The predicted octanol–water partition coefficient (Wildman–Crippen LogP) is 3.86. The molecule has 0 unspecified atom stereocenters. The number of alkyl halides is 1. The van der Waals surface area contributed by atoms with Crippen molar-refractivity contribution in [2.24, 2.45) is 0 Å². The monoisotopic (exact) mass is 270 g/mol. The third-order valence-corrected chi connectivity index (χ3v) is 3.55. The van der Waals surface area contributed by atoms with Crippen LogP contribution in [0, 0.1) is 0 Å². The zero-order valence-corrected chi connectivity index (χ0v) is 11.3. The van der Waals surface area contributed by atoms with Crippen molar-refractivity contribution in [3.05, 3.63) is 71.8 Å². The van der Waals surface area contributed by atoms with E-state index in [9.17, 15) is 0 Å². The highest BCUT2D eigenvalue weighted by atomic mass is 35.5. The molecule has 0 saturated heterocycles. The maximum absolute atomic E-state index is 5.95. The molecule has 3 rings (SSSR count). The van der Waals surface area contributed by atoms with Crippen molar-refractivity contribution >= 4 is 17.1 Å². The number of nitrogens with zero attached hydrogens (tertiary/aromatic N) is 2. The molecule has 1 aromatic carbocycles. The van der Waals surface area contributed by atoms with E-state index in [0.717, 1.165) is 29.9 Å². The maximum Gasteiger partial charge on any atom is 0.128 e. The van der Waals surface area contributed by atoms with Crippen LogP contribution in [-0.2, 0) is 18.7 Å². The molecule has 0 saturated carbocycles. The van der Waals surface area contributed by atoms with E-state index in [0.29, 0.717) is 5.88 Å². The van der Waals surface area contributed by atoms with Crippen molar-refractivity contribution in [1.82, 2.24) is 9.38 Å². The zero-order chi connectivity index (χ0) is 13.1. The highest BCUT2D eigenvalue weighted by Gasteiger charge is 2.09. The van der Waals surface area contributed by atoms with E-state index in [1.54, 1.807) is 0 Å². The minimum Gasteiger partial charge on any atom is -0.302 e. The van der Waals surface area contributed by atoms with Crippen LogP contribution in [0.5, 0.6) is 0 Å². The van der Waals surface area contributed by atoms with Gasteiger partial charge in [0.15, 0.2) is 0 Å². The van der Waals surface area contributed by atoms with Gasteiger partial charge >= 0.3 is 0 Å². The van der Waals surface area contributed by atoms with Crippen molar-refractivity contribution in [2.45, 2.75) is 18.7 Å². The normalized spacial score (nSPS) is 11.0. The quantitative estimate of drug-likeness (QED) is 0.658. The van der Waals surface area contributed by atoms with Crippen LogP contribution in [0.15, 0.2) is 54.7 Å². The lowest BCUT2D eigenvalue weighted by Crippen LogP contribution is -1.92. The summed E-state index contributed by atoms with van der Waals surface area (Å²) in [6, 6.07) is 16.6. The number of hydrogen-bond donors (Lipinski definition) is 0. The van der Waals surface area contributed by atoms with Gasteiger partial charge in [-0.05, 0) is 30.5 Å². The van der Waals surface area contributed by atoms with Crippen LogP contribution in [0.25, 0.3) is 5.52 Å². The average Bonchev–Trinajstić information content (AvgIpc) is 2.84. The lowest BCUT2D eigenvalue weighted by atomic mass is 10.1. The Balaban J connectivity index is 1.89. The van der Waals surface area contributed by atoms with Crippen molar-refractivity contribution < 1.29 is 0 Å². The molecule has 0 spiro atoms. The highest BCUT2D eigenvalue weighted by molar-refractivity contribution is 6.16. The second-order valence-corrected chi connectivity index (χ2v) is 4.82. The van der Waals surface area contributed by atoms with Gasteiger partial charge in [-0.2, -0.15) is 0 Å². The van der Waals surface area contributed by atoms with E-state index in [1.807, 2.05) is 24.4 Å². The van der Waals surface area contributed by atoms with Crippen molar-refractivity contribution in [3.8, 4) is 0 Å². The van der Waals surface area contributed by atoms with Crippen LogP contribution >= 0.6 is 11.6 Å². The second kappa shape index (κ2) is 5.45. The molecule has 2 aromatic heterocycles. The molecular formula is C16H15ClN2. The summed E-state index contributed by atoms with van der Waals surface area (Å²) < 4.78 is 2.08. The third kappa shape index (κ3) is 2.49. The van der Waals surface area contributed by atoms with Gasteiger partial charge in [0.05, 0.1) is 17.1 Å². The van der Waals surface area contributed by atoms with E-state index in [1.165, 1.54) is 5.56 Å². The summed E-state index contributed by atoms with van der Waals surface area (Å²) in [7, 11) is 0. The first-order chi connectivity index (χ1) is 9.38. The number of halogens is 1. The Morgan fingerprint density at radius 3 is 2.53 bits per heavy atom. The Morgan fingerprint density at radius 1 is 0.947 bits per heavy atom. The largest absolute Gasteiger partial charge is 0.302 e. The summed E-state index contributed by atoms with van der Waals surface area (Å²) in [5.74, 6) is 1.36. The molecule has 2 heterocycles. The predicted molar refractivity (Wildman–Crippen MR) is 78.6 cm³/mol. The molecule has 0 fully saturated rings. The minimum absolute atomic E-state index is 0.441. The first-order valence-electron chi connectivity index (χ1n) is 6.43. The molecule has 0 radical (unpaired) electrons. The van der Waals surface area contributed by atoms with Crippen LogP contribution in [0.4, 0.5) is 0 Å². The third-order valence-electron chi connectivity index (χ3n) is 3.31. The van der Waals surface area contributed by atoms with Crippen LogP contribution in [0.3, 0.4) is 0 Å². The Kier molecular flexibility index (Phi) is 3.51. The molecule has 0 aliphatic rings. The van der Waals surface area contributed by atoms with Crippen LogP contribution in [-0.4, -0.2) is 9.38 Å². The van der Waals surface area contributed by atoms with Gasteiger partial charge < -0.3 is 4.40 Å². The van der Waals surface area contributed by atoms with Gasteiger partial charge in [-0.1, -0.05) is 36.4 Å². The number of benzene rings is 1. The summed E-state index contributed by atoms with van der Waals surface area (Å²) in [6.07, 6.45) is 3.96. The Hall–Kier alpha value is -1.80. The number of hydrogen-bond acceptors (Lipinski definition) is 1. The van der Waals surface area contributed by atoms with Crippen LogP contribution in [0.1, 0.15) is 17.1 Å². The lowest BCUT2D eigenvalue weighted by Gasteiger charge is -2.00. The number of aromatic nitrogens is 2. The zero-order valence-electron chi connectivity index (χ0n) is 10.6. The molecule has 0 N–H and O–H groups in total. The molecule has 0 aliphatic heterocycles. The summed E-state index contributed by atoms with van der Waals surface area (Å²) in [5.41, 5.74) is 3.63. The summed E-state index contributed by atoms with van der Waals surface area (Å²) >= 11 is 5.95. The first-order valence-corrected chi connectivity index (χ1v) is 6.96. The van der Waals surface area contributed by atoms with Gasteiger partial charge in [-0.3, -0.25) is 0 Å². The molecule has 3 heteroatoms. The highest BCUT2D eigenvalue weighted by Crippen LogP contribution is 2.16. The number of fused-ring (bicyclic) bond motifs is 1.